The number of aliphatic hydroxyl groups is 1. The Hall–Kier alpha value is -5.73. The van der Waals surface area contributed by atoms with E-state index in [0.717, 1.165) is 41.0 Å². The van der Waals surface area contributed by atoms with Crippen molar-refractivity contribution in [2.75, 3.05) is 37.4 Å². The number of halogens is 1. The Kier molecular flexibility index (Phi) is 16.3. The molecule has 0 spiro atoms. The van der Waals surface area contributed by atoms with Gasteiger partial charge in [0, 0.05) is 66.9 Å². The molecule has 1 saturated carbocycles. The summed E-state index contributed by atoms with van der Waals surface area (Å²) < 4.78 is 12.0. The Balaban J connectivity index is 0.878. The summed E-state index contributed by atoms with van der Waals surface area (Å²) in [6.45, 7) is 14.8. The van der Waals surface area contributed by atoms with Gasteiger partial charge in [-0.05, 0) is 72.2 Å². The molecule has 4 amide bonds. The first kappa shape index (κ1) is 50.7. The van der Waals surface area contributed by atoms with E-state index in [1.165, 1.54) is 16.2 Å². The molecule has 358 valence electrons. The van der Waals surface area contributed by atoms with E-state index in [2.05, 4.69) is 60.0 Å². The monoisotopic (exact) mass is 954 g/mol. The molecule has 2 fully saturated rings. The highest BCUT2D eigenvalue weighted by molar-refractivity contribution is 7.13. The number of anilines is 2. The van der Waals surface area contributed by atoms with Crippen LogP contribution in [0.4, 0.5) is 11.5 Å². The number of carbonyl (C=O) groups excluding carboxylic acids is 4. The molecule has 7 N–H and O–H groups in total. The number of rotatable bonds is 19. The quantitative estimate of drug-likeness (QED) is 0.0529. The van der Waals surface area contributed by atoms with E-state index in [0.29, 0.717) is 40.9 Å². The van der Waals surface area contributed by atoms with Gasteiger partial charge in [-0.15, -0.1) is 11.3 Å². The van der Waals surface area contributed by atoms with Crippen LogP contribution < -0.4 is 31.7 Å². The molecule has 1 aromatic heterocycles. The van der Waals surface area contributed by atoms with Crippen molar-refractivity contribution < 1.29 is 33.8 Å². The van der Waals surface area contributed by atoms with Crippen LogP contribution in [0.15, 0.2) is 72.2 Å². The number of carbonyl (C=O) groups is 4. The number of aromatic nitrogens is 1. The minimum Gasteiger partial charge on any atom is -0.489 e. The number of thiazole rings is 1. The molecule has 0 radical (unpaired) electrons. The second-order valence-corrected chi connectivity index (χ2v) is 20.9. The highest BCUT2D eigenvalue weighted by Gasteiger charge is 2.64. The van der Waals surface area contributed by atoms with Crippen LogP contribution in [-0.2, 0) is 25.7 Å². The van der Waals surface area contributed by atoms with Crippen LogP contribution in [0.1, 0.15) is 95.6 Å². The maximum absolute atomic E-state index is 14.0. The Labute approximate surface area is 402 Å². The SMILES string of the molecule is CC1(C)C(NC(=O)c2ccc(NCCCCCOCC(=O)N[C@H](C(=O)N3C[C@H](O)C[C@H]3C(=O)NCc3ccc(-c4scnc4N)cc3)C(C)(C)C)cc2)C(C)(C)C1Oc1ccc(C#N)c(Cl)c1. The predicted molar refractivity (Wildman–Crippen MR) is 260 cm³/mol. The highest BCUT2D eigenvalue weighted by atomic mass is 35.5. The lowest BCUT2D eigenvalue weighted by Gasteiger charge is -2.63. The number of amides is 4. The summed E-state index contributed by atoms with van der Waals surface area (Å²) in [6.07, 6.45) is 1.44. The van der Waals surface area contributed by atoms with Gasteiger partial charge in [-0.3, -0.25) is 19.2 Å². The zero-order valence-corrected chi connectivity index (χ0v) is 40.9. The molecular weight excluding hydrogens is 892 g/mol. The largest absolute Gasteiger partial charge is 0.489 e. The molecule has 67 heavy (non-hydrogen) atoms. The number of nitrogen functional groups attached to an aromatic ring is 1. The third-order valence-electron chi connectivity index (χ3n) is 12.7. The van der Waals surface area contributed by atoms with Gasteiger partial charge in [-0.1, -0.05) is 84.3 Å². The predicted octanol–water partition coefficient (Wildman–Crippen LogP) is 6.94. The smallest absolute Gasteiger partial charge is 0.251 e. The summed E-state index contributed by atoms with van der Waals surface area (Å²) in [5, 5.41) is 32.5. The summed E-state index contributed by atoms with van der Waals surface area (Å²) in [6, 6.07) is 20.1. The molecular formula is C50H63ClN8O7S. The molecule has 1 aliphatic heterocycles. The summed E-state index contributed by atoms with van der Waals surface area (Å²) in [5.41, 5.74) is 9.80. The average Bonchev–Trinajstić information content (AvgIpc) is 3.91. The van der Waals surface area contributed by atoms with Crippen molar-refractivity contribution >= 4 is 58.1 Å². The van der Waals surface area contributed by atoms with E-state index < -0.39 is 35.4 Å². The van der Waals surface area contributed by atoms with Crippen molar-refractivity contribution in [3.8, 4) is 22.3 Å². The van der Waals surface area contributed by atoms with E-state index in [1.807, 2.05) is 57.2 Å². The van der Waals surface area contributed by atoms with Crippen LogP contribution in [0.3, 0.4) is 0 Å². The Morgan fingerprint density at radius 3 is 2.34 bits per heavy atom. The summed E-state index contributed by atoms with van der Waals surface area (Å²) in [7, 11) is 0. The minimum atomic E-state index is -0.955. The number of nitrogens with two attached hydrogens (primary N) is 1. The Morgan fingerprint density at radius 1 is 1.01 bits per heavy atom. The maximum Gasteiger partial charge on any atom is 0.251 e. The van der Waals surface area contributed by atoms with E-state index >= 15 is 0 Å². The fourth-order valence-electron chi connectivity index (χ4n) is 9.33. The number of aliphatic hydroxyl groups excluding tert-OH is 1. The normalized spacial score (nSPS) is 19.9. The molecule has 1 aliphatic carbocycles. The first-order valence-corrected chi connectivity index (χ1v) is 23.9. The number of ether oxygens (including phenoxy) is 2. The number of nitrogens with zero attached hydrogens (tertiary/aromatic N) is 3. The number of unbranched alkanes of at least 4 members (excludes halogenated alkanes) is 2. The molecule has 4 aromatic rings. The van der Waals surface area contributed by atoms with Crippen LogP contribution in [0, 0.1) is 27.6 Å². The highest BCUT2D eigenvalue weighted by Crippen LogP contribution is 2.55. The lowest BCUT2D eigenvalue weighted by atomic mass is 9.49. The van der Waals surface area contributed by atoms with Crippen LogP contribution in [-0.4, -0.2) is 95.3 Å². The van der Waals surface area contributed by atoms with Crippen molar-refractivity contribution in [1.82, 2.24) is 25.8 Å². The zero-order chi connectivity index (χ0) is 48.7. The summed E-state index contributed by atoms with van der Waals surface area (Å²) in [4.78, 5) is 60.1. The van der Waals surface area contributed by atoms with Crippen molar-refractivity contribution in [1.29, 1.82) is 5.26 Å². The van der Waals surface area contributed by atoms with Crippen LogP contribution in [0.2, 0.25) is 5.02 Å². The third kappa shape index (κ3) is 12.2. The fourth-order valence-corrected chi connectivity index (χ4v) is 10.3. The van der Waals surface area contributed by atoms with Gasteiger partial charge in [0.05, 0.1) is 27.1 Å². The molecule has 0 bridgehead atoms. The molecule has 2 heterocycles. The van der Waals surface area contributed by atoms with Gasteiger partial charge in [-0.2, -0.15) is 5.26 Å². The molecule has 3 aromatic carbocycles. The molecule has 6 rings (SSSR count). The first-order valence-electron chi connectivity index (χ1n) is 22.6. The van der Waals surface area contributed by atoms with Gasteiger partial charge < -0.3 is 46.5 Å². The number of likely N-dealkylation sites (tertiary alicyclic amines) is 1. The lowest BCUT2D eigenvalue weighted by Crippen LogP contribution is -2.74. The van der Waals surface area contributed by atoms with Crippen molar-refractivity contribution in [3.05, 3.63) is 94.0 Å². The number of nitrogens with one attached hydrogen (secondary N) is 4. The van der Waals surface area contributed by atoms with Crippen LogP contribution in [0.25, 0.3) is 10.4 Å². The van der Waals surface area contributed by atoms with E-state index in [-0.39, 0.29) is 60.9 Å². The molecule has 3 atom stereocenters. The molecule has 17 heteroatoms. The summed E-state index contributed by atoms with van der Waals surface area (Å²) >= 11 is 7.68. The van der Waals surface area contributed by atoms with E-state index in [4.69, 9.17) is 26.8 Å². The third-order valence-corrected chi connectivity index (χ3v) is 13.9. The van der Waals surface area contributed by atoms with Gasteiger partial charge in [0.1, 0.15) is 42.4 Å². The number of hydrogen-bond donors (Lipinski definition) is 6. The summed E-state index contributed by atoms with van der Waals surface area (Å²) in [5.74, 6) is -0.393. The Bertz CT molecular complexity index is 2410. The number of hydrogen-bond acceptors (Lipinski definition) is 12. The molecule has 2 aliphatic rings. The van der Waals surface area contributed by atoms with Gasteiger partial charge in [-0.25, -0.2) is 4.98 Å². The van der Waals surface area contributed by atoms with E-state index in [1.54, 1.807) is 35.8 Å². The van der Waals surface area contributed by atoms with Crippen LogP contribution >= 0.6 is 22.9 Å². The van der Waals surface area contributed by atoms with Crippen molar-refractivity contribution in [2.24, 2.45) is 16.2 Å². The zero-order valence-electron chi connectivity index (χ0n) is 39.3. The molecule has 1 saturated heterocycles. The van der Waals surface area contributed by atoms with Crippen molar-refractivity contribution in [2.45, 2.75) is 111 Å². The second-order valence-electron chi connectivity index (χ2n) is 19.7. The number of benzene rings is 3. The maximum atomic E-state index is 14.0. The topological polar surface area (TPSA) is 221 Å². The number of β-amino-alcohol motifs (C(OH)–C–C–N with tert-alkyl or cyclic N) is 1. The van der Waals surface area contributed by atoms with Crippen LogP contribution in [0.5, 0.6) is 5.75 Å². The minimum absolute atomic E-state index is 0.0197. The van der Waals surface area contributed by atoms with Gasteiger partial charge in [0.15, 0.2) is 0 Å². The van der Waals surface area contributed by atoms with E-state index in [9.17, 15) is 29.5 Å². The molecule has 0 unspecified atom stereocenters. The fraction of sp³-hybridized carbons (Fsp3) is 0.480. The molecule has 15 nitrogen and oxygen atoms in total. The lowest BCUT2D eigenvalue weighted by molar-refractivity contribution is -0.164. The van der Waals surface area contributed by atoms with Gasteiger partial charge in [0.25, 0.3) is 5.91 Å². The van der Waals surface area contributed by atoms with Gasteiger partial charge in [0.2, 0.25) is 17.7 Å². The number of nitriles is 1. The standard InChI is InChI=1S/C50H63ClN8O7S/c1-48(2,3)41(45(64)59-27-35(60)23-38(59)44(63)55-26-30-11-13-31(14-12-30)40-42(53)56-29-67-40)57-39(61)28-65-22-10-8-9-21-54-34-18-15-32(16-19-34)43(62)58-46-49(4,5)47(50(46,6)7)66-36-20-17-33(25-52)37(51)24-36/h11-20,24,29,35,38,41,46-47,54,60H,8-10,21-23,26-28,53H2,1-7H3,(H,55,63)(H,57,61)(H,58,62)/t35-,38+,41-,46?,47?/m1/s1. The average molecular weight is 956 g/mol. The van der Waals surface area contributed by atoms with Crippen molar-refractivity contribution in [3.63, 3.8) is 0 Å². The first-order chi connectivity index (χ1) is 31.7. The Morgan fingerprint density at radius 2 is 1.72 bits per heavy atom. The second kappa shape index (κ2) is 21.5. The van der Waals surface area contributed by atoms with Gasteiger partial charge >= 0.3 is 0 Å².